The molecule has 0 bridgehead atoms. The highest BCUT2D eigenvalue weighted by molar-refractivity contribution is 7.71. The fraction of sp³-hybridized carbons (Fsp3) is 0.143. The van der Waals surface area contributed by atoms with Crippen LogP contribution in [0.15, 0.2) is 6.33 Å². The standard InChI is InChI=1S/C7H6N6S/c1-3-11-12-6-4-5(9-2-8-4)10-7(14)13(3)6/h2H,1H3,(H,8,9)(H,10,14). The van der Waals surface area contributed by atoms with Gasteiger partial charge in [-0.3, -0.25) is 4.40 Å². The van der Waals surface area contributed by atoms with E-state index in [9.17, 15) is 0 Å². The Morgan fingerprint density at radius 2 is 2.29 bits per heavy atom. The average molecular weight is 206 g/mol. The van der Waals surface area contributed by atoms with E-state index in [2.05, 4.69) is 25.1 Å². The first-order chi connectivity index (χ1) is 6.77. The Kier molecular flexibility index (Phi) is 1.30. The minimum absolute atomic E-state index is 0.569. The summed E-state index contributed by atoms with van der Waals surface area (Å²) in [6.07, 6.45) is 1.60. The predicted molar refractivity (Wildman–Crippen MR) is 52.6 cm³/mol. The third-order valence-electron chi connectivity index (χ3n) is 2.11. The number of hydrogen-bond donors (Lipinski definition) is 2. The second-order valence-electron chi connectivity index (χ2n) is 2.96. The highest BCUT2D eigenvalue weighted by atomic mass is 32.1. The lowest BCUT2D eigenvalue weighted by Gasteiger charge is -1.95. The van der Waals surface area contributed by atoms with Crippen LogP contribution in [-0.4, -0.2) is 29.5 Å². The van der Waals surface area contributed by atoms with Gasteiger partial charge in [0.1, 0.15) is 11.5 Å². The summed E-state index contributed by atoms with van der Waals surface area (Å²) in [6.45, 7) is 1.85. The summed E-state index contributed by atoms with van der Waals surface area (Å²) in [5, 5.41) is 7.98. The lowest BCUT2D eigenvalue weighted by atomic mass is 10.5. The largest absolute Gasteiger partial charge is 0.331 e. The fourth-order valence-electron chi connectivity index (χ4n) is 1.48. The van der Waals surface area contributed by atoms with Crippen LogP contribution in [0.3, 0.4) is 0 Å². The van der Waals surface area contributed by atoms with Crippen molar-refractivity contribution in [3.63, 3.8) is 0 Å². The van der Waals surface area contributed by atoms with Crippen molar-refractivity contribution in [2.45, 2.75) is 6.92 Å². The maximum atomic E-state index is 5.17. The van der Waals surface area contributed by atoms with Crippen LogP contribution < -0.4 is 0 Å². The van der Waals surface area contributed by atoms with Crippen molar-refractivity contribution in [1.29, 1.82) is 0 Å². The van der Waals surface area contributed by atoms with Crippen LogP contribution >= 0.6 is 12.2 Å². The Morgan fingerprint density at radius 3 is 3.14 bits per heavy atom. The highest BCUT2D eigenvalue weighted by Gasteiger charge is 2.09. The van der Waals surface area contributed by atoms with Crippen molar-refractivity contribution in [1.82, 2.24) is 29.5 Å². The van der Waals surface area contributed by atoms with Crippen molar-refractivity contribution in [2.75, 3.05) is 0 Å². The summed E-state index contributed by atoms with van der Waals surface area (Å²) in [5.74, 6) is 0.756. The topological polar surface area (TPSA) is 74.7 Å². The van der Waals surface area contributed by atoms with E-state index in [-0.39, 0.29) is 0 Å². The summed E-state index contributed by atoms with van der Waals surface area (Å²) in [4.78, 5) is 10.1. The molecule has 0 saturated carbocycles. The molecule has 0 spiro atoms. The number of H-pyrrole nitrogens is 2. The van der Waals surface area contributed by atoms with Gasteiger partial charge in [-0.25, -0.2) is 4.98 Å². The number of aromatic amines is 2. The predicted octanol–water partition coefficient (Wildman–Crippen LogP) is 0.972. The van der Waals surface area contributed by atoms with Crippen LogP contribution in [0.25, 0.3) is 16.8 Å². The molecule has 14 heavy (non-hydrogen) atoms. The van der Waals surface area contributed by atoms with Crippen LogP contribution in [0, 0.1) is 11.7 Å². The molecular weight excluding hydrogens is 200 g/mol. The zero-order valence-corrected chi connectivity index (χ0v) is 8.09. The number of fused-ring (bicyclic) bond motifs is 3. The van der Waals surface area contributed by atoms with Gasteiger partial charge < -0.3 is 9.97 Å². The number of nitrogens with zero attached hydrogens (tertiary/aromatic N) is 4. The molecule has 0 radical (unpaired) electrons. The summed E-state index contributed by atoms with van der Waals surface area (Å²) in [6, 6.07) is 0. The van der Waals surface area contributed by atoms with E-state index in [1.807, 2.05) is 6.92 Å². The van der Waals surface area contributed by atoms with E-state index in [4.69, 9.17) is 12.2 Å². The summed E-state index contributed by atoms with van der Waals surface area (Å²) in [5.41, 5.74) is 2.21. The minimum atomic E-state index is 0.569. The van der Waals surface area contributed by atoms with Crippen molar-refractivity contribution in [3.8, 4) is 0 Å². The summed E-state index contributed by atoms with van der Waals surface area (Å²) in [7, 11) is 0. The molecule has 3 rings (SSSR count). The molecule has 3 heterocycles. The van der Waals surface area contributed by atoms with Gasteiger partial charge in [0.25, 0.3) is 0 Å². The Hall–Kier alpha value is -1.76. The second-order valence-corrected chi connectivity index (χ2v) is 3.35. The van der Waals surface area contributed by atoms with E-state index in [0.717, 1.165) is 17.0 Å². The lowest BCUT2D eigenvalue weighted by Crippen LogP contribution is -1.94. The van der Waals surface area contributed by atoms with E-state index >= 15 is 0 Å². The normalized spacial score (nSPS) is 11.5. The average Bonchev–Trinajstić information content (AvgIpc) is 2.71. The molecule has 70 valence electrons. The molecule has 2 N–H and O–H groups in total. The van der Waals surface area contributed by atoms with Gasteiger partial charge in [-0.1, -0.05) is 0 Å². The van der Waals surface area contributed by atoms with Gasteiger partial charge in [0.15, 0.2) is 15.9 Å². The molecular formula is C7H6N6S. The number of aromatic nitrogens is 6. The van der Waals surface area contributed by atoms with Gasteiger partial charge in [-0.05, 0) is 19.1 Å². The first-order valence-electron chi connectivity index (χ1n) is 4.04. The van der Waals surface area contributed by atoms with Crippen molar-refractivity contribution in [2.24, 2.45) is 0 Å². The molecule has 3 aromatic rings. The van der Waals surface area contributed by atoms with E-state index in [1.54, 1.807) is 10.7 Å². The third kappa shape index (κ3) is 0.791. The molecule has 3 aromatic heterocycles. The van der Waals surface area contributed by atoms with Crippen LogP contribution in [0.5, 0.6) is 0 Å². The number of imidazole rings is 1. The van der Waals surface area contributed by atoms with Gasteiger partial charge in [0.05, 0.1) is 6.33 Å². The van der Waals surface area contributed by atoms with Crippen LogP contribution in [-0.2, 0) is 0 Å². The number of aryl methyl sites for hydroxylation is 1. The first-order valence-corrected chi connectivity index (χ1v) is 4.45. The third-order valence-corrected chi connectivity index (χ3v) is 2.40. The molecule has 0 fully saturated rings. The summed E-state index contributed by atoms with van der Waals surface area (Å²) < 4.78 is 2.33. The van der Waals surface area contributed by atoms with Crippen molar-refractivity contribution >= 4 is 29.0 Å². The van der Waals surface area contributed by atoms with Crippen LogP contribution in [0.4, 0.5) is 0 Å². The van der Waals surface area contributed by atoms with Gasteiger partial charge in [0, 0.05) is 0 Å². The molecule has 7 heteroatoms. The summed E-state index contributed by atoms with van der Waals surface area (Å²) >= 11 is 5.17. The van der Waals surface area contributed by atoms with E-state index in [1.165, 1.54) is 0 Å². The van der Waals surface area contributed by atoms with Gasteiger partial charge in [0.2, 0.25) is 0 Å². The van der Waals surface area contributed by atoms with Gasteiger partial charge in [-0.2, -0.15) is 0 Å². The molecule has 6 nitrogen and oxygen atoms in total. The zero-order chi connectivity index (χ0) is 9.71. The Bertz CT molecular complexity index is 674. The molecule has 0 aromatic carbocycles. The molecule has 0 saturated heterocycles. The van der Waals surface area contributed by atoms with E-state index in [0.29, 0.717) is 10.4 Å². The van der Waals surface area contributed by atoms with Gasteiger partial charge in [-0.15, -0.1) is 10.2 Å². The molecule has 0 aliphatic rings. The number of hydrogen-bond acceptors (Lipinski definition) is 4. The molecule has 0 unspecified atom stereocenters. The van der Waals surface area contributed by atoms with Crippen LogP contribution in [0.2, 0.25) is 0 Å². The second kappa shape index (κ2) is 2.38. The zero-order valence-electron chi connectivity index (χ0n) is 7.27. The molecule has 0 atom stereocenters. The smallest absolute Gasteiger partial charge is 0.192 e. The molecule has 0 aliphatic carbocycles. The first kappa shape index (κ1) is 7.63. The van der Waals surface area contributed by atoms with Crippen molar-refractivity contribution in [3.05, 3.63) is 16.9 Å². The molecule has 0 amide bonds. The quantitative estimate of drug-likeness (QED) is 0.537. The number of nitrogens with one attached hydrogen (secondary N) is 2. The maximum absolute atomic E-state index is 5.17. The van der Waals surface area contributed by atoms with Crippen LogP contribution in [0.1, 0.15) is 5.82 Å². The molecule has 0 aliphatic heterocycles. The lowest BCUT2D eigenvalue weighted by molar-refractivity contribution is 0.974. The SMILES string of the molecule is Cc1nnc2c3nc[nH]c3[nH]c(=S)n12. The van der Waals surface area contributed by atoms with Crippen molar-refractivity contribution < 1.29 is 0 Å². The fourth-order valence-corrected chi connectivity index (χ4v) is 1.80. The highest BCUT2D eigenvalue weighted by Crippen LogP contribution is 2.13. The maximum Gasteiger partial charge on any atom is 0.192 e. The Labute approximate surface area is 83.0 Å². The minimum Gasteiger partial charge on any atom is -0.331 e. The Morgan fingerprint density at radius 1 is 1.43 bits per heavy atom. The van der Waals surface area contributed by atoms with E-state index < -0.39 is 0 Å². The van der Waals surface area contributed by atoms with Gasteiger partial charge >= 0.3 is 0 Å². The number of rotatable bonds is 0. The monoisotopic (exact) mass is 206 g/mol. The Balaban J connectivity index is 2.76.